The van der Waals surface area contributed by atoms with E-state index in [0.29, 0.717) is 0 Å². The Bertz CT molecular complexity index is 2290. The molecule has 0 spiro atoms. The first kappa shape index (κ1) is 27.6. The molecule has 0 bridgehead atoms. The molecule has 0 amide bonds. The summed E-state index contributed by atoms with van der Waals surface area (Å²) < 4.78 is 2.38. The first-order valence-corrected chi connectivity index (χ1v) is 17.6. The van der Waals surface area contributed by atoms with Crippen molar-refractivity contribution in [1.29, 1.82) is 5.26 Å². The second-order valence-electron chi connectivity index (χ2n) is 11.6. The highest BCUT2D eigenvalue weighted by Crippen LogP contribution is 2.33. The third-order valence-corrected chi connectivity index (χ3v) is 14.1. The highest BCUT2D eigenvalue weighted by atomic mass is 28.3. The smallest absolute Gasteiger partial charge is 0.181 e. The number of rotatable bonds is 6. The highest BCUT2D eigenvalue weighted by molar-refractivity contribution is 7.20. The molecule has 0 atom stereocenters. The van der Waals surface area contributed by atoms with E-state index in [1.807, 2.05) is 12.1 Å². The van der Waals surface area contributed by atoms with Crippen molar-refractivity contribution in [3.8, 4) is 22.9 Å². The van der Waals surface area contributed by atoms with Gasteiger partial charge in [-0.25, -0.2) is 0 Å². The van der Waals surface area contributed by atoms with Crippen molar-refractivity contribution in [3.05, 3.63) is 188 Å². The van der Waals surface area contributed by atoms with E-state index in [1.165, 1.54) is 42.9 Å². The fourth-order valence-electron chi connectivity index (χ4n) is 7.29. The number of hydrogen-bond donors (Lipinski definition) is 0. The minimum Gasteiger partial charge on any atom is -0.309 e. The maximum atomic E-state index is 10.5. The zero-order valence-electron chi connectivity index (χ0n) is 25.2. The summed E-state index contributed by atoms with van der Waals surface area (Å²) in [6.07, 6.45) is 0. The van der Waals surface area contributed by atoms with E-state index in [0.717, 1.165) is 22.0 Å². The summed E-state index contributed by atoms with van der Waals surface area (Å²) in [5.41, 5.74) is 6.54. The van der Waals surface area contributed by atoms with Crippen molar-refractivity contribution in [3.63, 3.8) is 0 Å². The Labute approximate surface area is 270 Å². The molecule has 8 rings (SSSR count). The van der Waals surface area contributed by atoms with Crippen LogP contribution in [0.15, 0.2) is 182 Å². The molecule has 0 aliphatic heterocycles. The number of para-hydroxylation sites is 2. The van der Waals surface area contributed by atoms with Gasteiger partial charge >= 0.3 is 0 Å². The highest BCUT2D eigenvalue weighted by Gasteiger charge is 2.44. The summed E-state index contributed by atoms with van der Waals surface area (Å²) in [6, 6.07) is 67.4. The van der Waals surface area contributed by atoms with E-state index in [-0.39, 0.29) is 0 Å². The van der Waals surface area contributed by atoms with Gasteiger partial charge in [0.1, 0.15) is 0 Å². The van der Waals surface area contributed by atoms with Crippen LogP contribution < -0.4 is 20.7 Å². The van der Waals surface area contributed by atoms with Gasteiger partial charge in [-0.15, -0.1) is 0 Å². The van der Waals surface area contributed by atoms with Gasteiger partial charge in [-0.3, -0.25) is 0 Å². The molecule has 0 saturated carbocycles. The number of hydrogen-bond acceptors (Lipinski definition) is 1. The minimum absolute atomic E-state index is 0.718. The van der Waals surface area contributed by atoms with Crippen LogP contribution >= 0.6 is 0 Å². The van der Waals surface area contributed by atoms with Gasteiger partial charge in [0.15, 0.2) is 8.07 Å². The lowest BCUT2D eigenvalue weighted by molar-refractivity contribution is 1.18. The zero-order valence-corrected chi connectivity index (χ0v) is 26.2. The van der Waals surface area contributed by atoms with Gasteiger partial charge in [0.05, 0.1) is 22.7 Å². The molecular formula is C43H30N2Si. The lowest BCUT2D eigenvalue weighted by atomic mass is 10.0. The SMILES string of the molecule is N#Cc1ccccc1[Si](c1ccccc1)(c1ccccc1)c1ccccc1-c1cccc(-n2c3ccccc3c3ccccc32)c1. The van der Waals surface area contributed by atoms with Crippen LogP contribution in [0.5, 0.6) is 0 Å². The maximum Gasteiger partial charge on any atom is 0.181 e. The van der Waals surface area contributed by atoms with Crippen LogP contribution in [0.3, 0.4) is 0 Å². The fraction of sp³-hybridized carbons (Fsp3) is 0. The van der Waals surface area contributed by atoms with E-state index in [2.05, 4.69) is 180 Å². The molecule has 46 heavy (non-hydrogen) atoms. The fourth-order valence-corrected chi connectivity index (χ4v) is 12.4. The van der Waals surface area contributed by atoms with Crippen molar-refractivity contribution in [2.75, 3.05) is 0 Å². The largest absolute Gasteiger partial charge is 0.309 e. The van der Waals surface area contributed by atoms with Gasteiger partial charge in [-0.2, -0.15) is 5.26 Å². The van der Waals surface area contributed by atoms with Crippen molar-refractivity contribution in [2.24, 2.45) is 0 Å². The first-order chi connectivity index (χ1) is 22.8. The van der Waals surface area contributed by atoms with Gasteiger partial charge in [0.2, 0.25) is 0 Å². The molecule has 3 heteroatoms. The van der Waals surface area contributed by atoms with Crippen LogP contribution in [0.1, 0.15) is 5.56 Å². The van der Waals surface area contributed by atoms with E-state index < -0.39 is 8.07 Å². The molecule has 0 aliphatic rings. The van der Waals surface area contributed by atoms with E-state index >= 15 is 0 Å². The monoisotopic (exact) mass is 602 g/mol. The van der Waals surface area contributed by atoms with E-state index in [9.17, 15) is 5.26 Å². The number of nitrogens with zero attached hydrogens (tertiary/aromatic N) is 2. The molecule has 8 aromatic rings. The third-order valence-electron chi connectivity index (χ3n) is 9.19. The lowest BCUT2D eigenvalue weighted by Gasteiger charge is -2.36. The van der Waals surface area contributed by atoms with Crippen LogP contribution in [-0.4, -0.2) is 12.6 Å². The second kappa shape index (κ2) is 11.5. The Hall–Kier alpha value is -5.95. The van der Waals surface area contributed by atoms with Crippen LogP contribution in [0.4, 0.5) is 0 Å². The summed E-state index contributed by atoms with van der Waals surface area (Å²) in [5.74, 6) is 0. The molecule has 1 heterocycles. The topological polar surface area (TPSA) is 28.7 Å². The quantitative estimate of drug-likeness (QED) is 0.142. The van der Waals surface area contributed by atoms with Crippen LogP contribution in [0.25, 0.3) is 38.6 Å². The van der Waals surface area contributed by atoms with Crippen molar-refractivity contribution < 1.29 is 0 Å². The Balaban J connectivity index is 1.44. The predicted octanol–water partition coefficient (Wildman–Crippen LogP) is 7.70. The van der Waals surface area contributed by atoms with E-state index in [4.69, 9.17) is 0 Å². The number of nitriles is 1. The van der Waals surface area contributed by atoms with Gasteiger partial charge in [0.25, 0.3) is 0 Å². The first-order valence-electron chi connectivity index (χ1n) is 15.6. The van der Waals surface area contributed by atoms with Crippen LogP contribution in [-0.2, 0) is 0 Å². The normalized spacial score (nSPS) is 11.5. The predicted molar refractivity (Wildman–Crippen MR) is 195 cm³/mol. The molecule has 2 nitrogen and oxygen atoms in total. The number of fused-ring (bicyclic) bond motifs is 3. The Morgan fingerprint density at radius 3 is 1.61 bits per heavy atom. The molecule has 0 N–H and O–H groups in total. The Morgan fingerprint density at radius 1 is 0.457 bits per heavy atom. The standard InChI is InChI=1S/C43H30N2Si/c44-31-33-16-7-13-28-42(33)46(35-19-3-1-4-20-35,36-21-5-2-6-22-36)43-29-14-10-23-37(43)32-17-15-18-34(30-32)45-40-26-11-8-24-38(40)39-25-9-12-27-41(39)45/h1-30H. The lowest BCUT2D eigenvalue weighted by Crippen LogP contribution is -2.75. The molecule has 7 aromatic carbocycles. The van der Waals surface area contributed by atoms with Gasteiger partial charge in [-0.1, -0.05) is 152 Å². The Kier molecular flexibility index (Phi) is 6.91. The molecule has 1 aromatic heterocycles. The summed E-state index contributed by atoms with van der Waals surface area (Å²) in [4.78, 5) is 0. The molecule has 216 valence electrons. The maximum absolute atomic E-state index is 10.5. The summed E-state index contributed by atoms with van der Waals surface area (Å²) in [7, 11) is -2.99. The van der Waals surface area contributed by atoms with Crippen molar-refractivity contribution >= 4 is 50.6 Å². The molecule has 0 aliphatic carbocycles. The minimum atomic E-state index is -2.99. The number of aromatic nitrogens is 1. The van der Waals surface area contributed by atoms with Gasteiger partial charge < -0.3 is 4.57 Å². The number of benzene rings is 7. The average Bonchev–Trinajstić information content (AvgIpc) is 3.48. The molecule has 0 radical (unpaired) electrons. The molecule has 0 unspecified atom stereocenters. The van der Waals surface area contributed by atoms with Crippen LogP contribution in [0, 0.1) is 11.3 Å². The van der Waals surface area contributed by atoms with Gasteiger partial charge in [-0.05, 0) is 62.2 Å². The van der Waals surface area contributed by atoms with Crippen molar-refractivity contribution in [2.45, 2.75) is 0 Å². The van der Waals surface area contributed by atoms with Crippen molar-refractivity contribution in [1.82, 2.24) is 4.57 Å². The third kappa shape index (κ3) is 4.31. The van der Waals surface area contributed by atoms with Gasteiger partial charge in [0, 0.05) is 16.5 Å². The summed E-state index contributed by atoms with van der Waals surface area (Å²) in [5, 5.41) is 17.8. The van der Waals surface area contributed by atoms with Crippen LogP contribution in [0.2, 0.25) is 0 Å². The Morgan fingerprint density at radius 2 is 0.978 bits per heavy atom. The average molecular weight is 603 g/mol. The molecular weight excluding hydrogens is 573 g/mol. The molecule has 0 saturated heterocycles. The molecule has 0 fully saturated rings. The zero-order chi connectivity index (χ0) is 30.9. The van der Waals surface area contributed by atoms with E-state index in [1.54, 1.807) is 0 Å². The second-order valence-corrected chi connectivity index (χ2v) is 15.3. The summed E-state index contributed by atoms with van der Waals surface area (Å²) >= 11 is 0. The summed E-state index contributed by atoms with van der Waals surface area (Å²) in [6.45, 7) is 0.